The molecule has 5 heterocycles. The van der Waals surface area contributed by atoms with E-state index in [1.807, 2.05) is 46.5 Å². The standard InChI is InChI=1S/C27H31N7O2/c1-19-5-4-9-33(13-19)14-20-11-23(24-28-8-10-34(24)15-20)25(35)30-22-7-3-6-21(12-22)27(16-36-17-27)26-31-29-18-32(26)2/h3,6-8,10-12,15,18-19H,4-5,9,13-14,16-17H2,1-2H3,(H,30,35)/t19-/m0/s1. The number of pyridine rings is 1. The molecule has 4 aromatic rings. The first-order valence-corrected chi connectivity index (χ1v) is 12.5. The Morgan fingerprint density at radius 1 is 1.28 bits per heavy atom. The Kier molecular flexibility index (Phi) is 5.81. The molecule has 9 heteroatoms. The van der Waals surface area contributed by atoms with Crippen molar-refractivity contribution in [2.75, 3.05) is 31.6 Å². The minimum Gasteiger partial charge on any atom is -0.378 e. The number of fused-ring (bicyclic) bond motifs is 1. The molecule has 0 unspecified atom stereocenters. The number of nitrogens with zero attached hydrogens (tertiary/aromatic N) is 6. The second kappa shape index (κ2) is 9.15. The number of aromatic nitrogens is 5. The lowest BCUT2D eigenvalue weighted by Crippen LogP contribution is -2.49. The summed E-state index contributed by atoms with van der Waals surface area (Å²) in [6.45, 7) is 6.38. The van der Waals surface area contributed by atoms with Crippen molar-refractivity contribution < 1.29 is 9.53 Å². The van der Waals surface area contributed by atoms with Crippen molar-refractivity contribution in [1.82, 2.24) is 29.0 Å². The van der Waals surface area contributed by atoms with Gasteiger partial charge in [-0.3, -0.25) is 9.69 Å². The van der Waals surface area contributed by atoms with Gasteiger partial charge in [0.2, 0.25) is 0 Å². The highest BCUT2D eigenvalue weighted by Crippen LogP contribution is 2.38. The van der Waals surface area contributed by atoms with Crippen LogP contribution in [-0.4, -0.2) is 61.3 Å². The lowest BCUT2D eigenvalue weighted by molar-refractivity contribution is -0.0435. The third kappa shape index (κ3) is 4.08. The van der Waals surface area contributed by atoms with Crippen molar-refractivity contribution in [3.05, 3.63) is 77.8 Å². The number of nitrogens with one attached hydrogen (secondary N) is 1. The number of piperidine rings is 1. The van der Waals surface area contributed by atoms with Crippen molar-refractivity contribution in [3.8, 4) is 0 Å². The van der Waals surface area contributed by atoms with Crippen LogP contribution >= 0.6 is 0 Å². The number of amides is 1. The Balaban J connectivity index is 1.27. The predicted molar refractivity (Wildman–Crippen MR) is 136 cm³/mol. The van der Waals surface area contributed by atoms with Crippen LogP contribution in [0.3, 0.4) is 0 Å². The van der Waals surface area contributed by atoms with Gasteiger partial charge in [0, 0.05) is 44.4 Å². The second-order valence-electron chi connectivity index (χ2n) is 10.3. The Labute approximate surface area is 210 Å². The number of imidazole rings is 1. The van der Waals surface area contributed by atoms with Crippen LogP contribution < -0.4 is 5.32 Å². The zero-order valence-electron chi connectivity index (χ0n) is 20.7. The molecular weight excluding hydrogens is 454 g/mol. The topological polar surface area (TPSA) is 89.6 Å². The fourth-order valence-corrected chi connectivity index (χ4v) is 5.57. The molecule has 0 spiro atoms. The average molecular weight is 486 g/mol. The van der Waals surface area contributed by atoms with E-state index in [9.17, 15) is 4.79 Å². The van der Waals surface area contributed by atoms with E-state index in [0.29, 0.717) is 30.3 Å². The van der Waals surface area contributed by atoms with Gasteiger partial charge in [0.1, 0.15) is 23.2 Å². The summed E-state index contributed by atoms with van der Waals surface area (Å²) >= 11 is 0. The fourth-order valence-electron chi connectivity index (χ4n) is 5.57. The first kappa shape index (κ1) is 22.9. The highest BCUT2D eigenvalue weighted by Gasteiger charge is 2.46. The van der Waals surface area contributed by atoms with Gasteiger partial charge >= 0.3 is 0 Å². The third-order valence-corrected chi connectivity index (χ3v) is 7.45. The number of ether oxygens (including phenoxy) is 1. The largest absolute Gasteiger partial charge is 0.378 e. The van der Waals surface area contributed by atoms with E-state index in [-0.39, 0.29) is 11.3 Å². The van der Waals surface area contributed by atoms with E-state index in [0.717, 1.165) is 42.3 Å². The number of carbonyl (C=O) groups is 1. The minimum atomic E-state index is -0.367. The van der Waals surface area contributed by atoms with Crippen LogP contribution in [0.4, 0.5) is 5.69 Å². The Morgan fingerprint density at radius 2 is 2.17 bits per heavy atom. The molecule has 1 N–H and O–H groups in total. The van der Waals surface area contributed by atoms with Crippen LogP contribution in [0.5, 0.6) is 0 Å². The summed E-state index contributed by atoms with van der Waals surface area (Å²) in [4.78, 5) is 20.5. The van der Waals surface area contributed by atoms with Crippen LogP contribution in [0.2, 0.25) is 0 Å². The second-order valence-corrected chi connectivity index (χ2v) is 10.3. The number of benzene rings is 1. The maximum Gasteiger partial charge on any atom is 0.259 e. The Morgan fingerprint density at radius 3 is 2.92 bits per heavy atom. The van der Waals surface area contributed by atoms with E-state index in [2.05, 4.69) is 44.6 Å². The minimum absolute atomic E-state index is 0.172. The van der Waals surface area contributed by atoms with Gasteiger partial charge in [0.15, 0.2) is 0 Å². The van der Waals surface area contributed by atoms with Gasteiger partial charge in [-0.15, -0.1) is 10.2 Å². The number of carbonyl (C=O) groups excluding carboxylic acids is 1. The molecule has 0 saturated carbocycles. The molecule has 186 valence electrons. The quantitative estimate of drug-likeness (QED) is 0.451. The molecule has 1 aromatic carbocycles. The summed E-state index contributed by atoms with van der Waals surface area (Å²) in [5.74, 6) is 1.39. The van der Waals surface area contributed by atoms with E-state index in [1.165, 1.54) is 12.8 Å². The molecule has 2 fully saturated rings. The maximum atomic E-state index is 13.5. The lowest BCUT2D eigenvalue weighted by Gasteiger charge is -2.40. The number of rotatable bonds is 6. The SMILES string of the molecule is C[C@H]1CCCN(Cc2cc(C(=O)Nc3cccc(C4(c5nncn5C)COC4)c3)c3nccn3c2)C1. The van der Waals surface area contributed by atoms with Gasteiger partial charge < -0.3 is 19.0 Å². The maximum absolute atomic E-state index is 13.5. The van der Waals surface area contributed by atoms with E-state index in [1.54, 1.807) is 12.5 Å². The number of hydrogen-bond donors (Lipinski definition) is 1. The fraction of sp³-hybridized carbons (Fsp3) is 0.407. The van der Waals surface area contributed by atoms with Gasteiger partial charge in [-0.1, -0.05) is 19.1 Å². The molecule has 36 heavy (non-hydrogen) atoms. The predicted octanol–water partition coefficient (Wildman–Crippen LogP) is 3.26. The molecule has 3 aromatic heterocycles. The zero-order valence-corrected chi connectivity index (χ0v) is 20.7. The van der Waals surface area contributed by atoms with Crippen molar-refractivity contribution >= 4 is 17.2 Å². The summed E-state index contributed by atoms with van der Waals surface area (Å²) < 4.78 is 9.47. The molecule has 2 aliphatic heterocycles. The van der Waals surface area contributed by atoms with Crippen molar-refractivity contribution in [2.24, 2.45) is 13.0 Å². The summed E-state index contributed by atoms with van der Waals surface area (Å²) in [6, 6.07) is 9.92. The van der Waals surface area contributed by atoms with Crippen molar-refractivity contribution in [2.45, 2.75) is 31.7 Å². The third-order valence-electron chi connectivity index (χ3n) is 7.45. The number of hydrogen-bond acceptors (Lipinski definition) is 6. The lowest BCUT2D eigenvalue weighted by atomic mass is 9.77. The van der Waals surface area contributed by atoms with E-state index < -0.39 is 0 Å². The normalized spacial score (nSPS) is 19.8. The smallest absolute Gasteiger partial charge is 0.259 e. The first-order chi connectivity index (χ1) is 17.5. The van der Waals surface area contributed by atoms with Gasteiger partial charge in [0.25, 0.3) is 5.91 Å². The van der Waals surface area contributed by atoms with Crippen molar-refractivity contribution in [3.63, 3.8) is 0 Å². The molecule has 2 saturated heterocycles. The van der Waals surface area contributed by atoms with Crippen LogP contribution in [0.1, 0.15) is 47.1 Å². The molecule has 0 radical (unpaired) electrons. The number of likely N-dealkylation sites (tertiary alicyclic amines) is 1. The Bertz CT molecular complexity index is 1400. The van der Waals surface area contributed by atoms with Crippen LogP contribution in [0, 0.1) is 5.92 Å². The summed E-state index contributed by atoms with van der Waals surface area (Å²) in [6.07, 6.45) is 9.93. The molecular formula is C27H31N7O2. The van der Waals surface area contributed by atoms with Crippen LogP contribution in [0.15, 0.2) is 55.2 Å². The monoisotopic (exact) mass is 485 g/mol. The summed E-state index contributed by atoms with van der Waals surface area (Å²) in [5.41, 5.74) is 3.74. The van der Waals surface area contributed by atoms with Crippen LogP contribution in [-0.2, 0) is 23.7 Å². The zero-order chi connectivity index (χ0) is 24.7. The first-order valence-electron chi connectivity index (χ1n) is 12.5. The highest BCUT2D eigenvalue weighted by atomic mass is 16.5. The molecule has 0 bridgehead atoms. The molecule has 2 aliphatic rings. The van der Waals surface area contributed by atoms with Crippen molar-refractivity contribution in [1.29, 1.82) is 0 Å². The van der Waals surface area contributed by atoms with Gasteiger partial charge in [-0.25, -0.2) is 4.98 Å². The summed E-state index contributed by atoms with van der Waals surface area (Å²) in [7, 11) is 1.94. The van der Waals surface area contributed by atoms with E-state index in [4.69, 9.17) is 4.74 Å². The molecule has 1 atom stereocenters. The van der Waals surface area contributed by atoms with Gasteiger partial charge in [0.05, 0.1) is 18.8 Å². The van der Waals surface area contributed by atoms with Gasteiger partial charge in [-0.2, -0.15) is 0 Å². The Hall–Kier alpha value is -3.56. The molecule has 1 amide bonds. The van der Waals surface area contributed by atoms with Crippen LogP contribution in [0.25, 0.3) is 5.65 Å². The van der Waals surface area contributed by atoms with Gasteiger partial charge in [-0.05, 0) is 54.6 Å². The average Bonchev–Trinajstić information content (AvgIpc) is 3.47. The van der Waals surface area contributed by atoms with E-state index >= 15 is 0 Å². The highest BCUT2D eigenvalue weighted by molar-refractivity contribution is 6.08. The number of anilines is 1. The number of aryl methyl sites for hydroxylation is 1. The molecule has 9 nitrogen and oxygen atoms in total. The summed E-state index contributed by atoms with van der Waals surface area (Å²) in [5, 5.41) is 11.5. The molecule has 0 aliphatic carbocycles. The molecule has 6 rings (SSSR count).